The Morgan fingerprint density at radius 2 is 1.67 bits per heavy atom. The van der Waals surface area contributed by atoms with Gasteiger partial charge in [-0.1, -0.05) is 29.8 Å². The van der Waals surface area contributed by atoms with Gasteiger partial charge >= 0.3 is 0 Å². The first-order valence-corrected chi connectivity index (χ1v) is 9.23. The third-order valence-corrected chi connectivity index (χ3v) is 6.73. The Balaban J connectivity index is 1.58. The van der Waals surface area contributed by atoms with Crippen LogP contribution in [0.15, 0.2) is 22.7 Å². The van der Waals surface area contributed by atoms with Crippen molar-refractivity contribution in [1.82, 2.24) is 9.80 Å². The van der Waals surface area contributed by atoms with E-state index in [4.69, 9.17) is 0 Å². The van der Waals surface area contributed by atoms with Crippen LogP contribution in [0.1, 0.15) is 25.3 Å². The molecule has 0 unspecified atom stereocenters. The van der Waals surface area contributed by atoms with E-state index in [9.17, 15) is 9.59 Å². The van der Waals surface area contributed by atoms with E-state index in [-0.39, 0.29) is 28.8 Å². The van der Waals surface area contributed by atoms with Crippen molar-refractivity contribution in [3.05, 3.63) is 28.2 Å². The standard InChI is InChI=1S/C18H20BrN3O2/c1-17-6-21-8-18(2,16(17)24)9-22(7-17)15(21)13-11-5-10(19)3-4-12(11)20-14(13)23/h3-5,13,15H,6-9H2,1-2H3,(H,20,23)/t13-,15?,17?,18?/m0/s1. The quantitative estimate of drug-likeness (QED) is 0.798. The minimum atomic E-state index is -0.295. The molecule has 6 heteroatoms. The molecule has 1 aromatic carbocycles. The van der Waals surface area contributed by atoms with E-state index in [2.05, 4.69) is 51.0 Å². The van der Waals surface area contributed by atoms with Gasteiger partial charge in [-0.25, -0.2) is 0 Å². The molecular weight excluding hydrogens is 370 g/mol. The van der Waals surface area contributed by atoms with Crippen LogP contribution in [0.2, 0.25) is 0 Å². The van der Waals surface area contributed by atoms with Crippen LogP contribution in [0.5, 0.6) is 0 Å². The van der Waals surface area contributed by atoms with Crippen molar-refractivity contribution in [3.63, 3.8) is 0 Å². The lowest BCUT2D eigenvalue weighted by atomic mass is 9.61. The van der Waals surface area contributed by atoms with Gasteiger partial charge in [0.15, 0.2) is 0 Å². The van der Waals surface area contributed by atoms with Crippen molar-refractivity contribution in [2.24, 2.45) is 10.8 Å². The predicted octanol–water partition coefficient (Wildman–Crippen LogP) is 2.04. The maximum atomic E-state index is 12.8. The molecular formula is C18H20BrN3O2. The normalized spacial score (nSPS) is 45.5. The number of ketones is 1. The summed E-state index contributed by atoms with van der Waals surface area (Å²) in [6, 6.07) is 5.98. The molecule has 6 rings (SSSR count). The molecule has 5 aliphatic heterocycles. The molecule has 5 aliphatic rings. The highest BCUT2D eigenvalue weighted by Crippen LogP contribution is 2.52. The Morgan fingerprint density at radius 3 is 2.25 bits per heavy atom. The molecule has 0 radical (unpaired) electrons. The topological polar surface area (TPSA) is 52.6 Å². The van der Waals surface area contributed by atoms with Crippen LogP contribution >= 0.6 is 15.9 Å². The Hall–Kier alpha value is -1.24. The summed E-state index contributed by atoms with van der Waals surface area (Å²) in [5.41, 5.74) is 1.39. The minimum absolute atomic E-state index is 0.0507. The van der Waals surface area contributed by atoms with Crippen molar-refractivity contribution >= 4 is 33.3 Å². The van der Waals surface area contributed by atoms with E-state index in [1.54, 1.807) is 0 Å². The Labute approximate surface area is 149 Å². The number of rotatable bonds is 1. The van der Waals surface area contributed by atoms with E-state index < -0.39 is 0 Å². The second-order valence-electron chi connectivity index (χ2n) is 8.37. The SMILES string of the molecule is CC12CN3CC(C)(CN(C1)C3[C@@H]1C(=O)Nc3ccc(Br)cc31)C2=O. The summed E-state index contributed by atoms with van der Waals surface area (Å²) < 4.78 is 0.991. The Kier molecular flexibility index (Phi) is 2.81. The Morgan fingerprint density at radius 1 is 1.08 bits per heavy atom. The molecule has 0 spiro atoms. The van der Waals surface area contributed by atoms with Crippen LogP contribution in [0.4, 0.5) is 5.69 Å². The lowest BCUT2D eigenvalue weighted by Gasteiger charge is -2.65. The van der Waals surface area contributed by atoms with Gasteiger partial charge in [0.1, 0.15) is 5.78 Å². The maximum Gasteiger partial charge on any atom is 0.234 e. The highest BCUT2D eigenvalue weighted by atomic mass is 79.9. The third-order valence-electron chi connectivity index (χ3n) is 6.24. The zero-order valence-electron chi connectivity index (χ0n) is 13.8. The van der Waals surface area contributed by atoms with Crippen LogP contribution in [0.3, 0.4) is 0 Å². The average molecular weight is 390 g/mol. The number of Topliss-reactive ketones (excluding diaryl/α,β-unsaturated/α-hetero) is 1. The molecule has 5 heterocycles. The molecule has 0 aromatic heterocycles. The van der Waals surface area contributed by atoms with Gasteiger partial charge in [-0.2, -0.15) is 0 Å². The van der Waals surface area contributed by atoms with Crippen molar-refractivity contribution in [1.29, 1.82) is 0 Å². The summed E-state index contributed by atoms with van der Waals surface area (Å²) in [6.45, 7) is 7.21. The minimum Gasteiger partial charge on any atom is -0.325 e. The zero-order valence-corrected chi connectivity index (χ0v) is 15.4. The first-order chi connectivity index (χ1) is 11.3. The summed E-state index contributed by atoms with van der Waals surface area (Å²) in [7, 11) is 0. The number of nitrogens with one attached hydrogen (secondary N) is 1. The van der Waals surface area contributed by atoms with Crippen molar-refractivity contribution in [2.45, 2.75) is 25.9 Å². The molecule has 4 fully saturated rings. The second-order valence-corrected chi connectivity index (χ2v) is 9.29. The van der Waals surface area contributed by atoms with E-state index in [1.807, 2.05) is 12.1 Å². The number of carbonyl (C=O) groups excluding carboxylic acids is 2. The number of hydrogen-bond acceptors (Lipinski definition) is 4. The number of fused-ring (bicyclic) bond motifs is 1. The number of piperidine rings is 2. The lowest BCUT2D eigenvalue weighted by Crippen LogP contribution is -2.79. The summed E-state index contributed by atoms with van der Waals surface area (Å²) >= 11 is 3.53. The number of nitrogens with zero attached hydrogens (tertiary/aromatic N) is 2. The first-order valence-electron chi connectivity index (χ1n) is 8.44. The van der Waals surface area contributed by atoms with E-state index >= 15 is 0 Å². The molecule has 4 bridgehead atoms. The monoisotopic (exact) mass is 389 g/mol. The molecule has 0 saturated carbocycles. The van der Waals surface area contributed by atoms with Gasteiger partial charge in [0.2, 0.25) is 5.91 Å². The molecule has 0 aliphatic carbocycles. The Bertz CT molecular complexity index is 752. The number of carbonyl (C=O) groups is 2. The molecule has 126 valence electrons. The smallest absolute Gasteiger partial charge is 0.234 e. The molecule has 5 nitrogen and oxygen atoms in total. The summed E-state index contributed by atoms with van der Waals surface area (Å²) in [6.07, 6.45) is 0.0507. The van der Waals surface area contributed by atoms with Crippen molar-refractivity contribution < 1.29 is 9.59 Å². The van der Waals surface area contributed by atoms with Crippen molar-refractivity contribution in [2.75, 3.05) is 31.5 Å². The lowest BCUT2D eigenvalue weighted by molar-refractivity contribution is -0.198. The van der Waals surface area contributed by atoms with Crippen LogP contribution in [0.25, 0.3) is 0 Å². The molecule has 1 aromatic rings. The summed E-state index contributed by atoms with van der Waals surface area (Å²) in [4.78, 5) is 30.3. The van der Waals surface area contributed by atoms with E-state index in [0.29, 0.717) is 5.78 Å². The van der Waals surface area contributed by atoms with Crippen LogP contribution in [0, 0.1) is 10.8 Å². The molecule has 1 amide bonds. The van der Waals surface area contributed by atoms with Crippen LogP contribution in [-0.4, -0.2) is 53.8 Å². The fourth-order valence-corrected chi connectivity index (χ4v) is 5.98. The number of hydrogen-bond donors (Lipinski definition) is 1. The number of amides is 1. The molecule has 1 N–H and O–H groups in total. The largest absolute Gasteiger partial charge is 0.325 e. The van der Waals surface area contributed by atoms with Gasteiger partial charge < -0.3 is 5.32 Å². The number of benzene rings is 1. The van der Waals surface area contributed by atoms with Gasteiger partial charge in [-0.05, 0) is 23.8 Å². The van der Waals surface area contributed by atoms with Gasteiger partial charge in [-0.3, -0.25) is 19.4 Å². The molecule has 4 saturated heterocycles. The van der Waals surface area contributed by atoms with Gasteiger partial charge in [0.05, 0.1) is 22.9 Å². The van der Waals surface area contributed by atoms with Gasteiger partial charge in [0, 0.05) is 36.3 Å². The highest BCUT2D eigenvalue weighted by molar-refractivity contribution is 9.10. The summed E-state index contributed by atoms with van der Waals surface area (Å²) in [5, 5.41) is 3.03. The van der Waals surface area contributed by atoms with Crippen LogP contribution < -0.4 is 5.32 Å². The van der Waals surface area contributed by atoms with Gasteiger partial charge in [0.25, 0.3) is 0 Å². The van der Waals surface area contributed by atoms with E-state index in [0.717, 1.165) is 41.9 Å². The second kappa shape index (κ2) is 4.48. The van der Waals surface area contributed by atoms with Crippen molar-refractivity contribution in [3.8, 4) is 0 Å². The zero-order chi connectivity index (χ0) is 16.9. The predicted molar refractivity (Wildman–Crippen MR) is 93.7 cm³/mol. The third kappa shape index (κ3) is 1.77. The fourth-order valence-electron chi connectivity index (χ4n) is 5.60. The molecule has 24 heavy (non-hydrogen) atoms. The van der Waals surface area contributed by atoms with Crippen LogP contribution in [-0.2, 0) is 9.59 Å². The maximum absolute atomic E-state index is 12.8. The van der Waals surface area contributed by atoms with E-state index in [1.165, 1.54) is 0 Å². The van der Waals surface area contributed by atoms with Gasteiger partial charge in [-0.15, -0.1) is 0 Å². The first kappa shape index (κ1) is 15.0. The molecule has 1 atom stereocenters. The highest BCUT2D eigenvalue weighted by Gasteiger charge is 2.64. The number of anilines is 1. The average Bonchev–Trinajstić information content (AvgIpc) is 2.79. The summed E-state index contributed by atoms with van der Waals surface area (Å²) in [5.74, 6) is 0.280. The fraction of sp³-hybridized carbons (Fsp3) is 0.556. The number of halogens is 1.